The number of hydrogen-bond acceptors (Lipinski definition) is 6. The lowest BCUT2D eigenvalue weighted by atomic mass is 9.94. The van der Waals surface area contributed by atoms with Crippen LogP contribution in [0, 0.1) is 6.92 Å². The molecule has 2 rings (SSSR count). The largest absolute Gasteiger partial charge is 0.507 e. The molecule has 8 heteroatoms. The van der Waals surface area contributed by atoms with Gasteiger partial charge in [0, 0.05) is 11.1 Å². The Kier molecular flexibility index (Phi) is 8.53. The van der Waals surface area contributed by atoms with Gasteiger partial charge in [-0.15, -0.1) is 0 Å². The van der Waals surface area contributed by atoms with Gasteiger partial charge in [-0.25, -0.2) is 4.79 Å². The molecule has 0 fully saturated rings. The van der Waals surface area contributed by atoms with Crippen LogP contribution in [0.3, 0.4) is 0 Å². The molecule has 0 aliphatic carbocycles. The molecule has 0 aromatic heterocycles. The van der Waals surface area contributed by atoms with E-state index in [9.17, 15) is 19.4 Å². The summed E-state index contributed by atoms with van der Waals surface area (Å²) in [5.41, 5.74) is 3.36. The van der Waals surface area contributed by atoms with Crippen molar-refractivity contribution >= 4 is 13.6 Å². The molecular formula is C22H33O7P. The smallest absolute Gasteiger partial charge is 0.342 e. The minimum absolute atomic E-state index is 0.0811. The third-order valence-corrected chi connectivity index (χ3v) is 7.05. The maximum Gasteiger partial charge on any atom is 0.342 e. The predicted octanol–water partition coefficient (Wildman–Crippen LogP) is 5.04. The van der Waals surface area contributed by atoms with Crippen molar-refractivity contribution in [1.29, 1.82) is 0 Å². The Balaban J connectivity index is 1.99. The van der Waals surface area contributed by atoms with E-state index in [-0.39, 0.29) is 30.2 Å². The van der Waals surface area contributed by atoms with Gasteiger partial charge in [0.2, 0.25) is 0 Å². The number of allylic oxidation sites excluding steroid dienone is 2. The highest BCUT2D eigenvalue weighted by atomic mass is 31.2. The molecule has 0 spiro atoms. The van der Waals surface area contributed by atoms with Crippen LogP contribution in [0.5, 0.6) is 11.5 Å². The van der Waals surface area contributed by atoms with E-state index >= 15 is 0 Å². The summed E-state index contributed by atoms with van der Waals surface area (Å²) in [7, 11) is -2.00. The SMILES string of the molecule is CC[C@H](C)OP(=O)(O)CCCC/C(C)=C/Cc1c(O)c2c(c(C)c1OC)COC2=O. The van der Waals surface area contributed by atoms with Crippen molar-refractivity contribution in [2.45, 2.75) is 72.5 Å². The minimum atomic E-state index is -3.54. The highest BCUT2D eigenvalue weighted by molar-refractivity contribution is 7.52. The maximum atomic E-state index is 12.0. The fourth-order valence-corrected chi connectivity index (χ4v) is 4.97. The van der Waals surface area contributed by atoms with Crippen LogP contribution in [0.15, 0.2) is 11.6 Å². The van der Waals surface area contributed by atoms with Gasteiger partial charge < -0.3 is 24.0 Å². The first-order valence-electron chi connectivity index (χ1n) is 10.4. The molecule has 168 valence electrons. The number of hydrogen-bond donors (Lipinski definition) is 2. The number of carbonyl (C=O) groups excluding carboxylic acids is 1. The van der Waals surface area contributed by atoms with Gasteiger partial charge >= 0.3 is 13.6 Å². The zero-order valence-electron chi connectivity index (χ0n) is 18.5. The van der Waals surface area contributed by atoms with Crippen LogP contribution in [0.1, 0.15) is 73.5 Å². The molecule has 1 aliphatic heterocycles. The molecule has 1 unspecified atom stereocenters. The molecule has 1 aromatic carbocycles. The minimum Gasteiger partial charge on any atom is -0.507 e. The van der Waals surface area contributed by atoms with Gasteiger partial charge in [0.25, 0.3) is 0 Å². The van der Waals surface area contributed by atoms with E-state index in [4.69, 9.17) is 14.0 Å². The van der Waals surface area contributed by atoms with Gasteiger partial charge in [0.1, 0.15) is 23.7 Å². The number of methoxy groups -OCH3 is 1. The van der Waals surface area contributed by atoms with E-state index < -0.39 is 13.6 Å². The van der Waals surface area contributed by atoms with Crippen molar-refractivity contribution < 1.29 is 33.4 Å². The van der Waals surface area contributed by atoms with Gasteiger partial charge in [-0.1, -0.05) is 18.6 Å². The first-order valence-corrected chi connectivity index (χ1v) is 12.1. The summed E-state index contributed by atoms with van der Waals surface area (Å²) in [6, 6.07) is 0. The van der Waals surface area contributed by atoms with Crippen LogP contribution in [-0.4, -0.2) is 35.3 Å². The first-order chi connectivity index (χ1) is 14.1. The fourth-order valence-electron chi connectivity index (χ4n) is 3.53. The van der Waals surface area contributed by atoms with E-state index in [2.05, 4.69) is 0 Å². The molecule has 1 heterocycles. The summed E-state index contributed by atoms with van der Waals surface area (Å²) in [6.07, 6.45) is 5.13. The summed E-state index contributed by atoms with van der Waals surface area (Å²) in [5, 5.41) is 10.6. The highest BCUT2D eigenvalue weighted by Gasteiger charge is 2.31. The third-order valence-electron chi connectivity index (χ3n) is 5.48. The van der Waals surface area contributed by atoms with Gasteiger partial charge in [-0.3, -0.25) is 4.57 Å². The quantitative estimate of drug-likeness (QED) is 0.215. The number of phenols is 1. The van der Waals surface area contributed by atoms with Crippen LogP contribution in [0.4, 0.5) is 0 Å². The van der Waals surface area contributed by atoms with Gasteiger partial charge in [0.05, 0.1) is 19.4 Å². The molecule has 2 atom stereocenters. The Morgan fingerprint density at radius 1 is 1.37 bits per heavy atom. The summed E-state index contributed by atoms with van der Waals surface area (Å²) < 4.78 is 27.8. The van der Waals surface area contributed by atoms with E-state index in [1.54, 1.807) is 14.0 Å². The molecule has 1 aliphatic rings. The summed E-state index contributed by atoms with van der Waals surface area (Å²) in [5.74, 6) is -0.0253. The van der Waals surface area contributed by atoms with E-state index in [0.717, 1.165) is 24.0 Å². The molecule has 0 radical (unpaired) electrons. The third kappa shape index (κ3) is 5.87. The number of unbranched alkanes of at least 4 members (excludes halogenated alkanes) is 1. The van der Waals surface area contributed by atoms with Crippen LogP contribution in [-0.2, 0) is 26.9 Å². The number of fused-ring (bicyclic) bond motifs is 1. The average molecular weight is 440 g/mol. The number of phenolic OH excluding ortho intramolecular Hbond substituents is 1. The van der Waals surface area contributed by atoms with Crippen molar-refractivity contribution in [2.24, 2.45) is 0 Å². The first kappa shape index (κ1) is 24.4. The van der Waals surface area contributed by atoms with Crippen molar-refractivity contribution in [1.82, 2.24) is 0 Å². The summed E-state index contributed by atoms with van der Waals surface area (Å²) >= 11 is 0. The van der Waals surface area contributed by atoms with E-state index in [0.29, 0.717) is 36.1 Å². The van der Waals surface area contributed by atoms with E-state index in [1.807, 2.05) is 26.8 Å². The highest BCUT2D eigenvalue weighted by Crippen LogP contribution is 2.45. The Labute approximate surface area is 178 Å². The standard InChI is InChI=1S/C22H33O7P/c1-6-15(3)29-30(25,26)12-8-7-9-14(2)10-11-17-20(23)19-18(13-28-22(19)24)16(4)21(17)27-5/h10,15,23H,6-9,11-13H2,1-5H3,(H,25,26)/b14-10+/t15-/m0/s1. The lowest BCUT2D eigenvalue weighted by molar-refractivity contribution is 0.0532. The van der Waals surface area contributed by atoms with Crippen molar-refractivity contribution in [3.05, 3.63) is 33.9 Å². The zero-order valence-corrected chi connectivity index (χ0v) is 19.4. The second-order valence-corrected chi connectivity index (χ2v) is 9.75. The zero-order chi connectivity index (χ0) is 22.5. The van der Waals surface area contributed by atoms with Crippen molar-refractivity contribution in [2.75, 3.05) is 13.3 Å². The molecule has 2 N–H and O–H groups in total. The molecule has 0 saturated carbocycles. The van der Waals surface area contributed by atoms with Crippen LogP contribution in [0.25, 0.3) is 0 Å². The monoisotopic (exact) mass is 440 g/mol. The number of esters is 1. The summed E-state index contributed by atoms with van der Waals surface area (Å²) in [4.78, 5) is 21.9. The second-order valence-electron chi connectivity index (χ2n) is 7.81. The Morgan fingerprint density at radius 3 is 2.70 bits per heavy atom. The number of rotatable bonds is 11. The van der Waals surface area contributed by atoms with Gasteiger partial charge in [-0.2, -0.15) is 0 Å². The van der Waals surface area contributed by atoms with E-state index in [1.165, 1.54) is 0 Å². The van der Waals surface area contributed by atoms with Crippen LogP contribution in [0.2, 0.25) is 0 Å². The fraction of sp³-hybridized carbons (Fsp3) is 0.591. The molecule has 0 saturated heterocycles. The lowest BCUT2D eigenvalue weighted by Crippen LogP contribution is -2.06. The molecular weight excluding hydrogens is 407 g/mol. The normalized spacial score (nSPS) is 16.7. The molecule has 7 nitrogen and oxygen atoms in total. The average Bonchev–Trinajstić information content (AvgIpc) is 3.08. The van der Waals surface area contributed by atoms with Crippen molar-refractivity contribution in [3.8, 4) is 11.5 Å². The van der Waals surface area contributed by atoms with Gasteiger partial charge in [-0.05, 0) is 58.4 Å². The molecule has 1 aromatic rings. The van der Waals surface area contributed by atoms with Crippen molar-refractivity contribution in [3.63, 3.8) is 0 Å². The van der Waals surface area contributed by atoms with Crippen LogP contribution < -0.4 is 4.74 Å². The lowest BCUT2D eigenvalue weighted by Gasteiger charge is -2.16. The molecule has 0 amide bonds. The Morgan fingerprint density at radius 2 is 2.07 bits per heavy atom. The molecule has 30 heavy (non-hydrogen) atoms. The number of carbonyl (C=O) groups is 1. The Bertz CT molecular complexity index is 860. The van der Waals surface area contributed by atoms with Gasteiger partial charge in [0.15, 0.2) is 0 Å². The second kappa shape index (κ2) is 10.5. The number of ether oxygens (including phenoxy) is 2. The number of benzene rings is 1. The topological polar surface area (TPSA) is 102 Å². The Hall–Kier alpha value is -1.82. The maximum absolute atomic E-state index is 12.0. The number of aromatic hydroxyl groups is 1. The van der Waals surface area contributed by atoms with Crippen LogP contribution >= 0.6 is 7.60 Å². The predicted molar refractivity (Wildman–Crippen MR) is 115 cm³/mol. The number of cyclic esters (lactones) is 1. The summed E-state index contributed by atoms with van der Waals surface area (Å²) in [6.45, 7) is 7.69. The molecule has 0 bridgehead atoms.